The van der Waals surface area contributed by atoms with Gasteiger partial charge in [0.15, 0.2) is 0 Å². The van der Waals surface area contributed by atoms with E-state index in [2.05, 4.69) is 0 Å². The maximum Gasteiger partial charge on any atom is 0.270 e. The van der Waals surface area contributed by atoms with Gasteiger partial charge in [-0.1, -0.05) is 13.0 Å². The molecular weight excluding hydrogens is 318 g/mol. The summed E-state index contributed by atoms with van der Waals surface area (Å²) in [5.41, 5.74) is 6.29. The fourth-order valence-electron chi connectivity index (χ4n) is 2.97. The van der Waals surface area contributed by atoms with Gasteiger partial charge in [-0.25, -0.2) is 8.42 Å². The van der Waals surface area contributed by atoms with E-state index in [1.54, 1.807) is 0 Å². The minimum atomic E-state index is -3.72. The zero-order valence-electron chi connectivity index (χ0n) is 13.4. The van der Waals surface area contributed by atoms with Crippen molar-refractivity contribution in [3.8, 4) is 0 Å². The van der Waals surface area contributed by atoms with E-state index in [4.69, 9.17) is 5.73 Å². The predicted molar refractivity (Wildman–Crippen MR) is 87.6 cm³/mol. The third-order valence-corrected chi connectivity index (χ3v) is 6.48. The number of hydrogen-bond donors (Lipinski definition) is 1. The number of benzene rings is 1. The molecule has 0 bridgehead atoms. The monoisotopic (exact) mass is 341 g/mol. The highest BCUT2D eigenvalue weighted by molar-refractivity contribution is 7.89. The molecule has 0 spiro atoms. The van der Waals surface area contributed by atoms with Crippen molar-refractivity contribution < 1.29 is 13.3 Å². The van der Waals surface area contributed by atoms with Crippen molar-refractivity contribution in [3.05, 3.63) is 33.9 Å². The van der Waals surface area contributed by atoms with Crippen molar-refractivity contribution in [2.75, 3.05) is 13.1 Å². The van der Waals surface area contributed by atoms with E-state index in [1.807, 2.05) is 13.8 Å². The fraction of sp³-hybridized carbons (Fsp3) is 0.600. The van der Waals surface area contributed by atoms with E-state index in [0.717, 1.165) is 0 Å². The summed E-state index contributed by atoms with van der Waals surface area (Å²) in [6.07, 6.45) is 1.93. The minimum Gasteiger partial charge on any atom is -0.328 e. The van der Waals surface area contributed by atoms with Crippen molar-refractivity contribution in [2.45, 2.75) is 44.0 Å². The Hall–Kier alpha value is -1.51. The van der Waals surface area contributed by atoms with Crippen LogP contribution in [0.25, 0.3) is 0 Å². The molecule has 1 aromatic carbocycles. The third kappa shape index (κ3) is 3.70. The fourth-order valence-corrected chi connectivity index (χ4v) is 4.75. The number of nitrogens with zero attached hydrogens (tertiary/aromatic N) is 2. The first kappa shape index (κ1) is 17.8. The average Bonchev–Trinajstić information content (AvgIpc) is 2.54. The lowest BCUT2D eigenvalue weighted by Crippen LogP contribution is -2.42. The molecule has 1 aliphatic rings. The van der Waals surface area contributed by atoms with Crippen LogP contribution in [-0.4, -0.2) is 36.8 Å². The standard InChI is InChI=1S/C15H23N3O4S/c1-3-12-4-5-14(18(19)20)10-15(12)23(21,22)17-8-6-13(7-9-17)11(2)16/h4-5,10-11,13H,3,6-9,16H2,1-2H3. The number of sulfonamides is 1. The highest BCUT2D eigenvalue weighted by Crippen LogP contribution is 2.29. The van der Waals surface area contributed by atoms with Crippen LogP contribution in [0.5, 0.6) is 0 Å². The van der Waals surface area contributed by atoms with E-state index in [1.165, 1.54) is 22.5 Å². The van der Waals surface area contributed by atoms with Crippen LogP contribution in [0.4, 0.5) is 5.69 Å². The zero-order chi connectivity index (χ0) is 17.2. The number of non-ortho nitro benzene ring substituents is 1. The molecule has 2 N–H and O–H groups in total. The number of rotatable bonds is 5. The Morgan fingerprint density at radius 1 is 1.39 bits per heavy atom. The van der Waals surface area contributed by atoms with E-state index in [-0.39, 0.29) is 16.6 Å². The van der Waals surface area contributed by atoms with Crippen LogP contribution in [0.1, 0.15) is 32.3 Å². The van der Waals surface area contributed by atoms with Crippen LogP contribution < -0.4 is 5.73 Å². The summed E-state index contributed by atoms with van der Waals surface area (Å²) in [5.74, 6) is 0.317. The second-order valence-electron chi connectivity index (χ2n) is 6.00. The van der Waals surface area contributed by atoms with Crippen LogP contribution in [0.15, 0.2) is 23.1 Å². The SMILES string of the molecule is CCc1ccc([N+](=O)[O-])cc1S(=O)(=O)N1CCC(C(C)N)CC1. The van der Waals surface area contributed by atoms with Gasteiger partial charge in [-0.05, 0) is 37.7 Å². The molecule has 128 valence electrons. The lowest BCUT2D eigenvalue weighted by atomic mass is 9.92. The third-order valence-electron chi connectivity index (χ3n) is 4.50. The Morgan fingerprint density at radius 3 is 2.48 bits per heavy atom. The molecule has 0 saturated carbocycles. The molecule has 7 nitrogen and oxygen atoms in total. The molecule has 8 heteroatoms. The number of piperidine rings is 1. The molecule has 1 fully saturated rings. The molecule has 0 amide bonds. The Morgan fingerprint density at radius 2 is 2.00 bits per heavy atom. The number of aryl methyl sites for hydroxylation is 1. The molecule has 0 aliphatic carbocycles. The van der Waals surface area contributed by atoms with Crippen molar-refractivity contribution >= 4 is 15.7 Å². The van der Waals surface area contributed by atoms with Crippen molar-refractivity contribution in [1.82, 2.24) is 4.31 Å². The van der Waals surface area contributed by atoms with Crippen molar-refractivity contribution in [3.63, 3.8) is 0 Å². The maximum absolute atomic E-state index is 12.9. The lowest BCUT2D eigenvalue weighted by molar-refractivity contribution is -0.385. The predicted octanol–water partition coefficient (Wildman–Crippen LogP) is 1.91. The number of nitro groups is 1. The summed E-state index contributed by atoms with van der Waals surface area (Å²) in [6.45, 7) is 4.58. The number of hydrogen-bond acceptors (Lipinski definition) is 5. The van der Waals surface area contributed by atoms with Gasteiger partial charge in [0.1, 0.15) is 0 Å². The highest BCUT2D eigenvalue weighted by Gasteiger charge is 2.32. The molecule has 1 unspecified atom stereocenters. The average molecular weight is 341 g/mol. The van der Waals surface area contributed by atoms with Gasteiger partial charge in [0, 0.05) is 31.3 Å². The van der Waals surface area contributed by atoms with Crippen molar-refractivity contribution in [2.24, 2.45) is 11.7 Å². The smallest absolute Gasteiger partial charge is 0.270 e. The summed E-state index contributed by atoms with van der Waals surface area (Å²) in [4.78, 5) is 10.4. The van der Waals surface area contributed by atoms with Crippen molar-refractivity contribution in [1.29, 1.82) is 0 Å². The van der Waals surface area contributed by atoms with E-state index in [0.29, 0.717) is 43.8 Å². The van der Waals surface area contributed by atoms with Gasteiger partial charge in [-0.2, -0.15) is 4.31 Å². The molecule has 1 aromatic rings. The summed E-state index contributed by atoms with van der Waals surface area (Å²) < 4.78 is 27.2. The summed E-state index contributed by atoms with van der Waals surface area (Å²) >= 11 is 0. The zero-order valence-corrected chi connectivity index (χ0v) is 14.3. The van der Waals surface area contributed by atoms with E-state index < -0.39 is 14.9 Å². The van der Waals surface area contributed by atoms with Gasteiger partial charge in [-0.3, -0.25) is 10.1 Å². The first-order chi connectivity index (χ1) is 10.8. The summed E-state index contributed by atoms with van der Waals surface area (Å²) in [7, 11) is -3.72. The lowest BCUT2D eigenvalue weighted by Gasteiger charge is -2.33. The van der Waals surface area contributed by atoms with E-state index >= 15 is 0 Å². The molecule has 1 heterocycles. The second kappa shape index (κ2) is 6.94. The van der Waals surface area contributed by atoms with Gasteiger partial charge in [0.05, 0.1) is 9.82 Å². The van der Waals surface area contributed by atoms with Crippen LogP contribution in [0.3, 0.4) is 0 Å². The van der Waals surface area contributed by atoms with Crippen LogP contribution in [0.2, 0.25) is 0 Å². The topological polar surface area (TPSA) is 107 Å². The molecule has 1 atom stereocenters. The Balaban J connectivity index is 2.33. The largest absolute Gasteiger partial charge is 0.328 e. The van der Waals surface area contributed by atoms with Gasteiger partial charge in [0.25, 0.3) is 5.69 Å². The first-order valence-corrected chi connectivity index (χ1v) is 9.24. The van der Waals surface area contributed by atoms with Crippen LogP contribution >= 0.6 is 0 Å². The normalized spacial score (nSPS) is 18.7. The van der Waals surface area contributed by atoms with Gasteiger partial charge < -0.3 is 5.73 Å². The Labute approximate surface area is 136 Å². The molecule has 0 radical (unpaired) electrons. The summed E-state index contributed by atoms with van der Waals surface area (Å²) in [6, 6.07) is 4.09. The molecule has 1 saturated heterocycles. The summed E-state index contributed by atoms with van der Waals surface area (Å²) in [5, 5.41) is 11.0. The van der Waals surface area contributed by atoms with Gasteiger partial charge in [0.2, 0.25) is 10.0 Å². The molecule has 0 aromatic heterocycles. The van der Waals surface area contributed by atoms with E-state index in [9.17, 15) is 18.5 Å². The Bertz CT molecular complexity index is 680. The van der Waals surface area contributed by atoms with Gasteiger partial charge >= 0.3 is 0 Å². The van der Waals surface area contributed by atoms with Crippen LogP contribution in [0, 0.1) is 16.0 Å². The highest BCUT2D eigenvalue weighted by atomic mass is 32.2. The maximum atomic E-state index is 12.9. The first-order valence-electron chi connectivity index (χ1n) is 7.80. The second-order valence-corrected chi connectivity index (χ2v) is 7.91. The van der Waals surface area contributed by atoms with Gasteiger partial charge in [-0.15, -0.1) is 0 Å². The molecule has 23 heavy (non-hydrogen) atoms. The van der Waals surface area contributed by atoms with Crippen LogP contribution in [-0.2, 0) is 16.4 Å². The Kier molecular flexibility index (Phi) is 5.38. The molecule has 2 rings (SSSR count). The quantitative estimate of drug-likeness (QED) is 0.650. The molecule has 1 aliphatic heterocycles. The minimum absolute atomic E-state index is 0.0452. The number of nitrogens with two attached hydrogens (primary N) is 1. The number of nitro benzene ring substituents is 1. The molecular formula is C15H23N3O4S.